The first-order valence-electron chi connectivity index (χ1n) is 9.33. The molecule has 6 nitrogen and oxygen atoms in total. The number of carbonyl (C=O) groups excluding carboxylic acids is 1. The SMILES string of the molecule is O=C(OCc1ccccc1)C1(c2ccc(-c3nn[nH]n3)cc2)CCCCC1. The highest BCUT2D eigenvalue weighted by Crippen LogP contribution is 2.41. The van der Waals surface area contributed by atoms with Crippen molar-refractivity contribution >= 4 is 5.97 Å². The van der Waals surface area contributed by atoms with Gasteiger partial charge in [-0.2, -0.15) is 5.21 Å². The number of rotatable bonds is 5. The summed E-state index contributed by atoms with van der Waals surface area (Å²) < 4.78 is 5.75. The molecule has 1 fully saturated rings. The van der Waals surface area contributed by atoms with Crippen molar-refractivity contribution in [3.63, 3.8) is 0 Å². The predicted molar refractivity (Wildman–Crippen MR) is 101 cm³/mol. The number of carbonyl (C=O) groups is 1. The lowest BCUT2D eigenvalue weighted by Crippen LogP contribution is -2.39. The number of aromatic nitrogens is 4. The number of nitrogens with one attached hydrogen (secondary N) is 1. The summed E-state index contributed by atoms with van der Waals surface area (Å²) in [5, 5.41) is 14.1. The minimum atomic E-state index is -0.567. The zero-order valence-corrected chi connectivity index (χ0v) is 15.1. The molecule has 3 aromatic rings. The average molecular weight is 362 g/mol. The van der Waals surface area contributed by atoms with Crippen LogP contribution in [0.1, 0.15) is 43.2 Å². The van der Waals surface area contributed by atoms with Crippen LogP contribution in [-0.4, -0.2) is 26.6 Å². The maximum Gasteiger partial charge on any atom is 0.316 e. The quantitative estimate of drug-likeness (QED) is 0.698. The van der Waals surface area contributed by atoms with E-state index in [-0.39, 0.29) is 5.97 Å². The van der Waals surface area contributed by atoms with E-state index in [1.807, 2.05) is 54.6 Å². The van der Waals surface area contributed by atoms with Crippen molar-refractivity contribution in [3.05, 3.63) is 65.7 Å². The second-order valence-electron chi connectivity index (χ2n) is 7.02. The molecule has 1 heterocycles. The molecular formula is C21H22N4O2. The summed E-state index contributed by atoms with van der Waals surface area (Å²) >= 11 is 0. The number of tetrazole rings is 1. The minimum Gasteiger partial charge on any atom is -0.460 e. The summed E-state index contributed by atoms with van der Waals surface area (Å²) in [4.78, 5) is 13.1. The first-order chi connectivity index (χ1) is 13.3. The van der Waals surface area contributed by atoms with Gasteiger partial charge < -0.3 is 4.74 Å². The molecule has 0 spiro atoms. The number of H-pyrrole nitrogens is 1. The molecule has 4 rings (SSSR count). The average Bonchev–Trinajstić information content (AvgIpc) is 3.28. The summed E-state index contributed by atoms with van der Waals surface area (Å²) in [6.45, 7) is 0.308. The van der Waals surface area contributed by atoms with Gasteiger partial charge in [-0.05, 0) is 29.2 Å². The van der Waals surface area contributed by atoms with Gasteiger partial charge in [0.15, 0.2) is 0 Å². The number of esters is 1. The van der Waals surface area contributed by atoms with Gasteiger partial charge in [-0.15, -0.1) is 10.2 Å². The third kappa shape index (κ3) is 3.60. The van der Waals surface area contributed by atoms with Gasteiger partial charge in [0.25, 0.3) is 0 Å². The molecule has 6 heteroatoms. The molecule has 1 N–H and O–H groups in total. The van der Waals surface area contributed by atoms with E-state index in [9.17, 15) is 4.79 Å². The summed E-state index contributed by atoms with van der Waals surface area (Å²) in [5.74, 6) is 0.421. The Labute approximate surface area is 158 Å². The van der Waals surface area contributed by atoms with Crippen molar-refractivity contribution < 1.29 is 9.53 Å². The molecule has 138 valence electrons. The van der Waals surface area contributed by atoms with Crippen LogP contribution in [0.25, 0.3) is 11.4 Å². The summed E-state index contributed by atoms with van der Waals surface area (Å²) in [6.07, 6.45) is 4.87. The molecule has 0 aliphatic heterocycles. The Morgan fingerprint density at radius 1 is 1.00 bits per heavy atom. The van der Waals surface area contributed by atoms with Crippen molar-refractivity contribution in [3.8, 4) is 11.4 Å². The lowest BCUT2D eigenvalue weighted by Gasteiger charge is -2.35. The number of aromatic amines is 1. The number of ether oxygens (including phenoxy) is 1. The third-order valence-electron chi connectivity index (χ3n) is 5.35. The Kier molecular flexibility index (Phi) is 4.96. The molecule has 1 aromatic heterocycles. The minimum absolute atomic E-state index is 0.127. The fourth-order valence-electron chi connectivity index (χ4n) is 3.85. The lowest BCUT2D eigenvalue weighted by molar-refractivity contribution is -0.153. The second kappa shape index (κ2) is 7.70. The van der Waals surface area contributed by atoms with E-state index in [0.717, 1.165) is 48.8 Å². The Bertz CT molecular complexity index is 870. The molecule has 1 saturated carbocycles. The molecule has 0 radical (unpaired) electrons. The second-order valence-corrected chi connectivity index (χ2v) is 7.02. The first-order valence-corrected chi connectivity index (χ1v) is 9.33. The van der Waals surface area contributed by atoms with Gasteiger partial charge >= 0.3 is 5.97 Å². The normalized spacial score (nSPS) is 16.0. The van der Waals surface area contributed by atoms with E-state index in [0.29, 0.717) is 12.4 Å². The Morgan fingerprint density at radius 3 is 2.41 bits per heavy atom. The topological polar surface area (TPSA) is 80.8 Å². The molecular weight excluding hydrogens is 340 g/mol. The number of hydrogen-bond acceptors (Lipinski definition) is 5. The highest BCUT2D eigenvalue weighted by Gasteiger charge is 2.42. The van der Waals surface area contributed by atoms with Gasteiger partial charge in [0.2, 0.25) is 5.82 Å². The molecule has 0 atom stereocenters. The summed E-state index contributed by atoms with van der Waals surface area (Å²) in [5.41, 5.74) is 2.32. The van der Waals surface area contributed by atoms with Gasteiger partial charge in [-0.25, -0.2) is 0 Å². The Morgan fingerprint density at radius 2 is 1.74 bits per heavy atom. The van der Waals surface area contributed by atoms with Gasteiger partial charge in [-0.3, -0.25) is 4.79 Å². The zero-order valence-electron chi connectivity index (χ0n) is 15.1. The van der Waals surface area contributed by atoms with E-state index >= 15 is 0 Å². The van der Waals surface area contributed by atoms with Gasteiger partial charge in [0.05, 0.1) is 5.41 Å². The number of nitrogens with zero attached hydrogens (tertiary/aromatic N) is 3. The summed E-state index contributed by atoms with van der Waals surface area (Å²) in [6, 6.07) is 17.7. The molecule has 1 aliphatic carbocycles. The standard InChI is InChI=1S/C21H22N4O2/c26-20(27-15-16-7-3-1-4-8-16)21(13-5-2-6-14-21)18-11-9-17(10-12-18)19-22-24-25-23-19/h1,3-4,7-12H,2,5-6,13-15H2,(H,22,23,24,25). The largest absolute Gasteiger partial charge is 0.460 e. The lowest BCUT2D eigenvalue weighted by atomic mass is 9.69. The zero-order chi connectivity index (χ0) is 18.5. The van der Waals surface area contributed by atoms with Crippen LogP contribution in [0.3, 0.4) is 0 Å². The summed E-state index contributed by atoms with van der Waals surface area (Å²) in [7, 11) is 0. The fraction of sp³-hybridized carbons (Fsp3) is 0.333. The van der Waals surface area contributed by atoms with Gasteiger partial charge in [-0.1, -0.05) is 73.9 Å². The van der Waals surface area contributed by atoms with E-state index in [4.69, 9.17) is 4.74 Å². The Hall–Kier alpha value is -3.02. The van der Waals surface area contributed by atoms with Crippen LogP contribution in [-0.2, 0) is 21.6 Å². The monoisotopic (exact) mass is 362 g/mol. The van der Waals surface area contributed by atoms with E-state index in [1.165, 1.54) is 0 Å². The molecule has 0 bridgehead atoms. The number of hydrogen-bond donors (Lipinski definition) is 1. The number of benzene rings is 2. The van der Waals surface area contributed by atoms with Crippen LogP contribution in [0.5, 0.6) is 0 Å². The van der Waals surface area contributed by atoms with Crippen LogP contribution < -0.4 is 0 Å². The van der Waals surface area contributed by atoms with Crippen molar-refractivity contribution in [1.29, 1.82) is 0 Å². The fourth-order valence-corrected chi connectivity index (χ4v) is 3.85. The predicted octanol–water partition coefficient (Wildman–Crippen LogP) is 3.81. The molecule has 27 heavy (non-hydrogen) atoms. The molecule has 0 saturated heterocycles. The highest BCUT2D eigenvalue weighted by molar-refractivity contribution is 5.83. The molecule has 1 aliphatic rings. The smallest absolute Gasteiger partial charge is 0.316 e. The first kappa shape index (κ1) is 17.4. The highest BCUT2D eigenvalue weighted by atomic mass is 16.5. The van der Waals surface area contributed by atoms with Crippen molar-refractivity contribution in [1.82, 2.24) is 20.6 Å². The van der Waals surface area contributed by atoms with Gasteiger partial charge in [0, 0.05) is 5.56 Å². The molecule has 2 aromatic carbocycles. The molecule has 0 unspecified atom stereocenters. The van der Waals surface area contributed by atoms with Crippen LogP contribution in [0.15, 0.2) is 54.6 Å². The van der Waals surface area contributed by atoms with Crippen molar-refractivity contribution in [2.45, 2.75) is 44.1 Å². The maximum atomic E-state index is 13.1. The van der Waals surface area contributed by atoms with Crippen LogP contribution in [0, 0.1) is 0 Å². The van der Waals surface area contributed by atoms with Crippen molar-refractivity contribution in [2.75, 3.05) is 0 Å². The van der Waals surface area contributed by atoms with Gasteiger partial charge in [0.1, 0.15) is 6.61 Å². The van der Waals surface area contributed by atoms with E-state index in [2.05, 4.69) is 20.6 Å². The van der Waals surface area contributed by atoms with E-state index in [1.54, 1.807) is 0 Å². The Balaban J connectivity index is 1.57. The van der Waals surface area contributed by atoms with E-state index < -0.39 is 5.41 Å². The van der Waals surface area contributed by atoms with Crippen LogP contribution in [0.4, 0.5) is 0 Å². The third-order valence-corrected chi connectivity index (χ3v) is 5.35. The maximum absolute atomic E-state index is 13.1. The van der Waals surface area contributed by atoms with Crippen molar-refractivity contribution in [2.24, 2.45) is 0 Å². The van der Waals surface area contributed by atoms with Crippen LogP contribution in [0.2, 0.25) is 0 Å². The van der Waals surface area contributed by atoms with Crippen LogP contribution >= 0.6 is 0 Å². The molecule has 0 amide bonds.